The average Bonchev–Trinajstić information content (AvgIpc) is 2.15. The standard InChI is InChI=1S/C8H7BrN2O4/c9-4-2-10-6(11-3-4)1-5(7(12)13)8(14)15/h2-3,5H,1H2,(H,12,13)(H,14,15). The predicted octanol–water partition coefficient (Wildman–Crippen LogP) is 0.567. The second kappa shape index (κ2) is 4.83. The first-order valence-electron chi connectivity index (χ1n) is 3.92. The molecule has 0 aromatic carbocycles. The average molecular weight is 275 g/mol. The molecule has 0 fully saturated rings. The number of hydrogen-bond acceptors (Lipinski definition) is 4. The maximum atomic E-state index is 10.6. The summed E-state index contributed by atoms with van der Waals surface area (Å²) in [6, 6.07) is 0. The molecule has 1 rings (SSSR count). The molecule has 2 N–H and O–H groups in total. The molecule has 7 heteroatoms. The lowest BCUT2D eigenvalue weighted by molar-refractivity contribution is -0.154. The normalized spacial score (nSPS) is 10.3. The van der Waals surface area contributed by atoms with Crippen LogP contribution >= 0.6 is 15.9 Å². The molecule has 6 nitrogen and oxygen atoms in total. The molecule has 0 amide bonds. The van der Waals surface area contributed by atoms with Crippen LogP contribution in [0.4, 0.5) is 0 Å². The van der Waals surface area contributed by atoms with E-state index in [4.69, 9.17) is 10.2 Å². The minimum Gasteiger partial charge on any atom is -0.481 e. The van der Waals surface area contributed by atoms with Gasteiger partial charge >= 0.3 is 11.9 Å². The summed E-state index contributed by atoms with van der Waals surface area (Å²) in [5, 5.41) is 17.2. The van der Waals surface area contributed by atoms with Crippen LogP contribution in [0.15, 0.2) is 16.9 Å². The number of nitrogens with zero attached hydrogens (tertiary/aromatic N) is 2. The lowest BCUT2D eigenvalue weighted by atomic mass is 10.1. The molecule has 0 saturated heterocycles. The molecule has 80 valence electrons. The first-order valence-corrected chi connectivity index (χ1v) is 4.72. The monoisotopic (exact) mass is 274 g/mol. The molecular formula is C8H7BrN2O4. The van der Waals surface area contributed by atoms with Crippen molar-refractivity contribution in [1.82, 2.24) is 9.97 Å². The second-order valence-corrected chi connectivity index (χ2v) is 3.67. The van der Waals surface area contributed by atoms with Crippen LogP contribution < -0.4 is 0 Å². The molecule has 1 aromatic heterocycles. The minimum atomic E-state index is -1.51. The van der Waals surface area contributed by atoms with Crippen molar-refractivity contribution >= 4 is 27.9 Å². The fourth-order valence-electron chi connectivity index (χ4n) is 0.907. The molecule has 0 radical (unpaired) electrons. The molecule has 0 bridgehead atoms. The Balaban J connectivity index is 2.79. The van der Waals surface area contributed by atoms with Crippen molar-refractivity contribution in [3.05, 3.63) is 22.7 Å². The van der Waals surface area contributed by atoms with Crippen molar-refractivity contribution in [3.63, 3.8) is 0 Å². The van der Waals surface area contributed by atoms with E-state index in [1.807, 2.05) is 0 Å². The van der Waals surface area contributed by atoms with Crippen molar-refractivity contribution in [2.75, 3.05) is 0 Å². The number of carboxylic acid groups (broad SMARTS) is 2. The fourth-order valence-corrected chi connectivity index (χ4v) is 1.11. The second-order valence-electron chi connectivity index (χ2n) is 2.75. The molecule has 0 atom stereocenters. The number of hydrogen-bond donors (Lipinski definition) is 2. The summed E-state index contributed by atoms with van der Waals surface area (Å²) in [6.45, 7) is 0. The van der Waals surface area contributed by atoms with Gasteiger partial charge in [-0.25, -0.2) is 9.97 Å². The van der Waals surface area contributed by atoms with E-state index in [2.05, 4.69) is 25.9 Å². The third-order valence-corrected chi connectivity index (χ3v) is 2.07. The molecule has 0 aliphatic heterocycles. The summed E-state index contributed by atoms with van der Waals surface area (Å²) < 4.78 is 0.647. The van der Waals surface area contributed by atoms with Crippen LogP contribution in [0.1, 0.15) is 5.82 Å². The van der Waals surface area contributed by atoms with E-state index >= 15 is 0 Å². The van der Waals surface area contributed by atoms with Gasteiger partial charge < -0.3 is 10.2 Å². The molecular weight excluding hydrogens is 268 g/mol. The van der Waals surface area contributed by atoms with Gasteiger partial charge in [0.15, 0.2) is 5.92 Å². The van der Waals surface area contributed by atoms with Crippen molar-refractivity contribution in [3.8, 4) is 0 Å². The van der Waals surface area contributed by atoms with Gasteiger partial charge in [0.25, 0.3) is 0 Å². The lowest BCUT2D eigenvalue weighted by Gasteiger charge is -2.05. The van der Waals surface area contributed by atoms with Crippen LogP contribution in [-0.2, 0) is 16.0 Å². The Morgan fingerprint density at radius 2 is 1.73 bits per heavy atom. The molecule has 0 aliphatic rings. The summed E-state index contributed by atoms with van der Waals surface area (Å²) in [5.41, 5.74) is 0. The van der Waals surface area contributed by atoms with Crippen molar-refractivity contribution < 1.29 is 19.8 Å². The van der Waals surface area contributed by atoms with E-state index in [9.17, 15) is 9.59 Å². The van der Waals surface area contributed by atoms with Gasteiger partial charge in [-0.2, -0.15) is 0 Å². The number of aromatic nitrogens is 2. The van der Waals surface area contributed by atoms with Gasteiger partial charge in [0.2, 0.25) is 0 Å². The molecule has 0 aliphatic carbocycles. The summed E-state index contributed by atoms with van der Waals surface area (Å²) in [5.74, 6) is -4.11. The van der Waals surface area contributed by atoms with Gasteiger partial charge in [-0.15, -0.1) is 0 Å². The summed E-state index contributed by atoms with van der Waals surface area (Å²) in [7, 11) is 0. The topological polar surface area (TPSA) is 100 Å². The van der Waals surface area contributed by atoms with E-state index < -0.39 is 17.9 Å². The largest absolute Gasteiger partial charge is 0.481 e. The maximum absolute atomic E-state index is 10.6. The van der Waals surface area contributed by atoms with Gasteiger partial charge in [-0.3, -0.25) is 9.59 Å². The number of aliphatic carboxylic acids is 2. The Morgan fingerprint density at radius 3 is 2.13 bits per heavy atom. The highest BCUT2D eigenvalue weighted by Crippen LogP contribution is 2.08. The summed E-state index contributed by atoms with van der Waals surface area (Å²) in [4.78, 5) is 28.7. The number of rotatable bonds is 4. The summed E-state index contributed by atoms with van der Waals surface area (Å²) in [6.07, 6.45) is 2.64. The number of carboxylic acids is 2. The summed E-state index contributed by atoms with van der Waals surface area (Å²) >= 11 is 3.11. The molecule has 0 unspecified atom stereocenters. The predicted molar refractivity (Wildman–Crippen MR) is 52.2 cm³/mol. The zero-order chi connectivity index (χ0) is 11.4. The van der Waals surface area contributed by atoms with Gasteiger partial charge in [-0.05, 0) is 15.9 Å². The Morgan fingerprint density at radius 1 is 1.27 bits per heavy atom. The van der Waals surface area contributed by atoms with E-state index in [0.717, 1.165) is 0 Å². The van der Waals surface area contributed by atoms with Gasteiger partial charge in [0.1, 0.15) is 5.82 Å². The quantitative estimate of drug-likeness (QED) is 0.779. The number of halogens is 1. The molecule has 0 saturated carbocycles. The number of carbonyl (C=O) groups is 2. The van der Waals surface area contributed by atoms with Crippen LogP contribution in [0.3, 0.4) is 0 Å². The Kier molecular flexibility index (Phi) is 3.73. The van der Waals surface area contributed by atoms with E-state index in [1.165, 1.54) is 12.4 Å². The Labute approximate surface area is 93.1 Å². The maximum Gasteiger partial charge on any atom is 0.318 e. The van der Waals surface area contributed by atoms with Crippen molar-refractivity contribution in [2.24, 2.45) is 5.92 Å². The zero-order valence-corrected chi connectivity index (χ0v) is 9.01. The smallest absolute Gasteiger partial charge is 0.318 e. The first kappa shape index (κ1) is 11.6. The third-order valence-electron chi connectivity index (χ3n) is 1.66. The van der Waals surface area contributed by atoms with Crippen LogP contribution in [0.5, 0.6) is 0 Å². The molecule has 1 heterocycles. The molecule has 15 heavy (non-hydrogen) atoms. The van der Waals surface area contributed by atoms with E-state index in [0.29, 0.717) is 4.47 Å². The van der Waals surface area contributed by atoms with Crippen molar-refractivity contribution in [2.45, 2.75) is 6.42 Å². The minimum absolute atomic E-state index is 0.188. The van der Waals surface area contributed by atoms with E-state index in [1.54, 1.807) is 0 Å². The van der Waals surface area contributed by atoms with Crippen LogP contribution in [0.25, 0.3) is 0 Å². The Bertz CT molecular complexity index is 365. The van der Waals surface area contributed by atoms with Gasteiger partial charge in [0, 0.05) is 18.8 Å². The Hall–Kier alpha value is -1.50. The highest BCUT2D eigenvalue weighted by atomic mass is 79.9. The lowest BCUT2D eigenvalue weighted by Crippen LogP contribution is -2.26. The van der Waals surface area contributed by atoms with Gasteiger partial charge in [0.05, 0.1) is 4.47 Å². The highest BCUT2D eigenvalue weighted by Gasteiger charge is 2.26. The van der Waals surface area contributed by atoms with E-state index in [-0.39, 0.29) is 12.2 Å². The SMILES string of the molecule is O=C(O)C(Cc1ncc(Br)cn1)C(=O)O. The zero-order valence-electron chi connectivity index (χ0n) is 7.42. The third kappa shape index (κ3) is 3.28. The van der Waals surface area contributed by atoms with Crippen LogP contribution in [0.2, 0.25) is 0 Å². The van der Waals surface area contributed by atoms with Crippen LogP contribution in [-0.4, -0.2) is 32.1 Å². The van der Waals surface area contributed by atoms with Crippen molar-refractivity contribution in [1.29, 1.82) is 0 Å². The molecule has 0 spiro atoms. The molecule has 1 aromatic rings. The first-order chi connectivity index (χ1) is 7.00. The fraction of sp³-hybridized carbons (Fsp3) is 0.250. The van der Waals surface area contributed by atoms with Crippen LogP contribution in [0, 0.1) is 5.92 Å². The highest BCUT2D eigenvalue weighted by molar-refractivity contribution is 9.10. The van der Waals surface area contributed by atoms with Gasteiger partial charge in [-0.1, -0.05) is 0 Å².